The third-order valence-corrected chi connectivity index (χ3v) is 3.74. The Morgan fingerprint density at radius 3 is 2.95 bits per heavy atom. The smallest absolute Gasteiger partial charge is 0.277 e. The number of para-hydroxylation sites is 1. The number of aromatic nitrogens is 3. The van der Waals surface area contributed by atoms with Gasteiger partial charge < -0.3 is 10.6 Å². The van der Waals surface area contributed by atoms with Gasteiger partial charge in [-0.05, 0) is 28.1 Å². The zero-order valence-corrected chi connectivity index (χ0v) is 11.9. The summed E-state index contributed by atoms with van der Waals surface area (Å²) < 4.78 is 15.7. The Labute approximate surface area is 122 Å². The van der Waals surface area contributed by atoms with Crippen molar-refractivity contribution in [2.24, 2.45) is 0 Å². The van der Waals surface area contributed by atoms with Crippen molar-refractivity contribution in [3.05, 3.63) is 40.4 Å². The topological polar surface area (TPSA) is 71.8 Å². The molecule has 0 atom stereocenters. The highest BCUT2D eigenvalue weighted by atomic mass is 79.9. The number of rotatable bonds is 3. The highest BCUT2D eigenvalue weighted by Gasteiger charge is 2.22. The standard InChI is InChI=1S/C12H11BrFN5O/c13-8-2-1-3-9(14)11(8)16-12(20)10-6-19(18-17-10)7-4-15-5-7/h1-3,6-7,15H,4-5H2,(H,16,20). The first kappa shape index (κ1) is 13.2. The van der Waals surface area contributed by atoms with Gasteiger partial charge in [0, 0.05) is 17.6 Å². The fourth-order valence-corrected chi connectivity index (χ4v) is 2.26. The van der Waals surface area contributed by atoms with Crippen LogP contribution in [0.5, 0.6) is 0 Å². The highest BCUT2D eigenvalue weighted by molar-refractivity contribution is 9.10. The molecule has 20 heavy (non-hydrogen) atoms. The van der Waals surface area contributed by atoms with E-state index in [1.807, 2.05) is 0 Å². The molecule has 104 valence electrons. The van der Waals surface area contributed by atoms with Gasteiger partial charge in [-0.1, -0.05) is 11.3 Å². The van der Waals surface area contributed by atoms with E-state index in [0.717, 1.165) is 13.1 Å². The Balaban J connectivity index is 1.77. The molecule has 3 rings (SSSR count). The number of benzene rings is 1. The second kappa shape index (κ2) is 5.29. The predicted molar refractivity (Wildman–Crippen MR) is 74.0 cm³/mol. The van der Waals surface area contributed by atoms with Crippen molar-refractivity contribution in [2.75, 3.05) is 18.4 Å². The summed E-state index contributed by atoms with van der Waals surface area (Å²) in [5.41, 5.74) is 0.254. The molecular weight excluding hydrogens is 329 g/mol. The summed E-state index contributed by atoms with van der Waals surface area (Å²) >= 11 is 3.19. The van der Waals surface area contributed by atoms with Gasteiger partial charge in [0.15, 0.2) is 5.69 Å². The van der Waals surface area contributed by atoms with Crippen LogP contribution in [-0.2, 0) is 0 Å². The fourth-order valence-electron chi connectivity index (χ4n) is 1.81. The van der Waals surface area contributed by atoms with Crippen molar-refractivity contribution in [1.29, 1.82) is 0 Å². The van der Waals surface area contributed by atoms with E-state index >= 15 is 0 Å². The number of hydrogen-bond donors (Lipinski definition) is 2. The zero-order chi connectivity index (χ0) is 14.1. The molecule has 1 amide bonds. The molecule has 1 saturated heterocycles. The quantitative estimate of drug-likeness (QED) is 0.890. The van der Waals surface area contributed by atoms with E-state index in [1.54, 1.807) is 23.0 Å². The van der Waals surface area contributed by atoms with Crippen LogP contribution in [0.1, 0.15) is 16.5 Å². The van der Waals surface area contributed by atoms with Gasteiger partial charge in [0.1, 0.15) is 5.82 Å². The van der Waals surface area contributed by atoms with Crippen molar-refractivity contribution in [3.63, 3.8) is 0 Å². The van der Waals surface area contributed by atoms with Crippen molar-refractivity contribution in [3.8, 4) is 0 Å². The summed E-state index contributed by atoms with van der Waals surface area (Å²) in [5, 5.41) is 13.3. The second-order valence-electron chi connectivity index (χ2n) is 4.45. The molecular formula is C12H11BrFN5O. The van der Waals surface area contributed by atoms with Crippen molar-refractivity contribution in [2.45, 2.75) is 6.04 Å². The number of hydrogen-bond acceptors (Lipinski definition) is 4. The normalized spacial score (nSPS) is 14.9. The Kier molecular flexibility index (Phi) is 3.49. The molecule has 6 nitrogen and oxygen atoms in total. The SMILES string of the molecule is O=C(Nc1c(F)cccc1Br)c1cn(C2CNC2)nn1. The number of carbonyl (C=O) groups is 1. The fraction of sp³-hybridized carbons (Fsp3) is 0.250. The van der Waals surface area contributed by atoms with Crippen LogP contribution in [0.2, 0.25) is 0 Å². The molecule has 2 N–H and O–H groups in total. The molecule has 0 bridgehead atoms. The summed E-state index contributed by atoms with van der Waals surface area (Å²) in [5.74, 6) is -1.00. The van der Waals surface area contributed by atoms with Gasteiger partial charge in [-0.15, -0.1) is 5.10 Å². The minimum absolute atomic E-state index is 0.0948. The lowest BCUT2D eigenvalue weighted by molar-refractivity contribution is 0.102. The first-order chi connectivity index (χ1) is 9.65. The van der Waals surface area contributed by atoms with Crippen molar-refractivity contribution < 1.29 is 9.18 Å². The van der Waals surface area contributed by atoms with E-state index in [1.165, 1.54) is 6.07 Å². The Morgan fingerprint density at radius 1 is 1.50 bits per heavy atom. The summed E-state index contributed by atoms with van der Waals surface area (Å²) in [6, 6.07) is 4.70. The molecule has 1 aliphatic heterocycles. The van der Waals surface area contributed by atoms with Gasteiger partial charge in [-0.25, -0.2) is 9.07 Å². The minimum Gasteiger partial charge on any atom is -0.317 e. The lowest BCUT2D eigenvalue weighted by Gasteiger charge is -2.26. The van der Waals surface area contributed by atoms with E-state index in [2.05, 4.69) is 36.9 Å². The van der Waals surface area contributed by atoms with E-state index in [0.29, 0.717) is 4.47 Å². The van der Waals surface area contributed by atoms with Crippen LogP contribution >= 0.6 is 15.9 Å². The molecule has 0 aliphatic carbocycles. The average molecular weight is 340 g/mol. The second-order valence-corrected chi connectivity index (χ2v) is 5.30. The minimum atomic E-state index is -0.511. The lowest BCUT2D eigenvalue weighted by atomic mass is 10.2. The molecule has 0 saturated carbocycles. The third-order valence-electron chi connectivity index (χ3n) is 3.08. The first-order valence-corrected chi connectivity index (χ1v) is 6.82. The third kappa shape index (κ3) is 2.44. The van der Waals surface area contributed by atoms with E-state index in [9.17, 15) is 9.18 Å². The molecule has 0 spiro atoms. The number of nitrogens with zero attached hydrogens (tertiary/aromatic N) is 3. The maximum atomic E-state index is 13.6. The van der Waals surface area contributed by atoms with Gasteiger partial charge >= 0.3 is 0 Å². The average Bonchev–Trinajstić information content (AvgIpc) is 2.81. The molecule has 1 aliphatic rings. The number of amides is 1. The van der Waals surface area contributed by atoms with E-state index in [-0.39, 0.29) is 17.4 Å². The highest BCUT2D eigenvalue weighted by Crippen LogP contribution is 2.25. The molecule has 1 fully saturated rings. The van der Waals surface area contributed by atoms with Gasteiger partial charge in [0.2, 0.25) is 0 Å². The Morgan fingerprint density at radius 2 is 2.30 bits per heavy atom. The van der Waals surface area contributed by atoms with E-state index < -0.39 is 11.7 Å². The van der Waals surface area contributed by atoms with Crippen molar-refractivity contribution >= 4 is 27.5 Å². The molecule has 8 heteroatoms. The van der Waals surface area contributed by atoms with Crippen LogP contribution < -0.4 is 10.6 Å². The molecule has 2 heterocycles. The van der Waals surface area contributed by atoms with Crippen molar-refractivity contribution in [1.82, 2.24) is 20.3 Å². The largest absolute Gasteiger partial charge is 0.317 e. The lowest BCUT2D eigenvalue weighted by Crippen LogP contribution is -2.43. The summed E-state index contributed by atoms with van der Waals surface area (Å²) in [4.78, 5) is 12.0. The van der Waals surface area contributed by atoms with Crippen LogP contribution in [0.3, 0.4) is 0 Å². The van der Waals surface area contributed by atoms with Gasteiger partial charge in [-0.3, -0.25) is 4.79 Å². The summed E-state index contributed by atoms with van der Waals surface area (Å²) in [6.45, 7) is 1.62. The van der Waals surface area contributed by atoms with Crippen LogP contribution in [0.4, 0.5) is 10.1 Å². The Bertz CT molecular complexity index is 635. The first-order valence-electron chi connectivity index (χ1n) is 6.03. The van der Waals surface area contributed by atoms with Gasteiger partial charge in [0.25, 0.3) is 5.91 Å². The molecule has 0 radical (unpaired) electrons. The monoisotopic (exact) mass is 339 g/mol. The number of carbonyl (C=O) groups excluding carboxylic acids is 1. The maximum Gasteiger partial charge on any atom is 0.277 e. The van der Waals surface area contributed by atoms with Gasteiger partial charge in [0.05, 0.1) is 17.9 Å². The van der Waals surface area contributed by atoms with Crippen LogP contribution in [-0.4, -0.2) is 34.0 Å². The number of anilines is 1. The van der Waals surface area contributed by atoms with Crippen LogP contribution in [0.25, 0.3) is 0 Å². The van der Waals surface area contributed by atoms with Crippen LogP contribution in [0.15, 0.2) is 28.9 Å². The summed E-state index contributed by atoms with van der Waals surface area (Å²) in [6.07, 6.45) is 1.57. The number of nitrogens with one attached hydrogen (secondary N) is 2. The number of halogens is 2. The predicted octanol–water partition coefficient (Wildman–Crippen LogP) is 1.58. The maximum absolute atomic E-state index is 13.6. The molecule has 1 aromatic heterocycles. The molecule has 2 aromatic rings. The molecule has 0 unspecified atom stereocenters. The van der Waals surface area contributed by atoms with Gasteiger partial charge in [-0.2, -0.15) is 0 Å². The molecule has 1 aromatic carbocycles. The Hall–Kier alpha value is -1.80. The van der Waals surface area contributed by atoms with E-state index in [4.69, 9.17) is 0 Å². The zero-order valence-electron chi connectivity index (χ0n) is 10.3. The summed E-state index contributed by atoms with van der Waals surface area (Å²) in [7, 11) is 0. The van der Waals surface area contributed by atoms with Crippen LogP contribution in [0, 0.1) is 5.82 Å².